The molecule has 4 nitrogen and oxygen atoms in total. The highest BCUT2D eigenvalue weighted by molar-refractivity contribution is 7.17. The molecule has 0 unspecified atom stereocenters. The number of benzene rings is 2. The van der Waals surface area contributed by atoms with Crippen molar-refractivity contribution in [3.05, 3.63) is 70.2 Å². The van der Waals surface area contributed by atoms with Crippen LogP contribution in [0.1, 0.15) is 15.4 Å². The Kier molecular flexibility index (Phi) is 4.60. The van der Waals surface area contributed by atoms with Gasteiger partial charge in [-0.2, -0.15) is 0 Å². The van der Waals surface area contributed by atoms with E-state index in [0.29, 0.717) is 20.7 Å². The van der Waals surface area contributed by atoms with Crippen molar-refractivity contribution in [1.29, 1.82) is 0 Å². The van der Waals surface area contributed by atoms with Gasteiger partial charge >= 0.3 is 0 Å². The van der Waals surface area contributed by atoms with Gasteiger partial charge in [0.1, 0.15) is 4.88 Å². The van der Waals surface area contributed by atoms with Crippen LogP contribution in [0, 0.1) is 6.92 Å². The van der Waals surface area contributed by atoms with Crippen molar-refractivity contribution in [2.75, 3.05) is 10.6 Å². The molecule has 2 aromatic carbocycles. The van der Waals surface area contributed by atoms with E-state index in [0.717, 1.165) is 11.4 Å². The summed E-state index contributed by atoms with van der Waals surface area (Å²) >= 11 is 7.19. The van der Waals surface area contributed by atoms with Gasteiger partial charge < -0.3 is 10.6 Å². The fourth-order valence-corrected chi connectivity index (χ4v) is 3.03. The number of amides is 1. The van der Waals surface area contributed by atoms with Gasteiger partial charge in [0.05, 0.1) is 5.69 Å². The maximum absolute atomic E-state index is 12.4. The van der Waals surface area contributed by atoms with Crippen molar-refractivity contribution in [2.45, 2.75) is 6.92 Å². The van der Waals surface area contributed by atoms with E-state index in [4.69, 9.17) is 11.6 Å². The smallest absolute Gasteiger partial charge is 0.267 e. The summed E-state index contributed by atoms with van der Waals surface area (Å²) in [6.45, 7) is 1.82. The zero-order valence-electron chi connectivity index (χ0n) is 12.3. The Bertz CT molecular complexity index is 816. The first-order chi connectivity index (χ1) is 11.1. The summed E-state index contributed by atoms with van der Waals surface area (Å²) < 4.78 is 0. The van der Waals surface area contributed by atoms with Gasteiger partial charge in [0.15, 0.2) is 5.13 Å². The monoisotopic (exact) mass is 343 g/mol. The number of anilines is 3. The second-order valence-corrected chi connectivity index (χ2v) is 6.32. The third-order valence-corrected chi connectivity index (χ3v) is 4.45. The van der Waals surface area contributed by atoms with Crippen LogP contribution in [0.15, 0.2) is 54.6 Å². The molecule has 0 spiro atoms. The number of hydrogen-bond donors (Lipinski definition) is 2. The molecule has 1 aromatic heterocycles. The van der Waals surface area contributed by atoms with E-state index in [-0.39, 0.29) is 5.91 Å². The summed E-state index contributed by atoms with van der Waals surface area (Å²) in [5.41, 5.74) is 2.33. The van der Waals surface area contributed by atoms with Gasteiger partial charge in [0.2, 0.25) is 0 Å². The van der Waals surface area contributed by atoms with Crippen LogP contribution in [-0.4, -0.2) is 10.9 Å². The van der Waals surface area contributed by atoms with Crippen LogP contribution in [0.3, 0.4) is 0 Å². The highest BCUT2D eigenvalue weighted by Crippen LogP contribution is 2.27. The predicted molar refractivity (Wildman–Crippen MR) is 96.0 cm³/mol. The highest BCUT2D eigenvalue weighted by atomic mass is 35.5. The van der Waals surface area contributed by atoms with Gasteiger partial charge in [-0.1, -0.05) is 41.1 Å². The number of aryl methyl sites for hydroxylation is 1. The number of carbonyl (C=O) groups is 1. The summed E-state index contributed by atoms with van der Waals surface area (Å²) in [4.78, 5) is 17.4. The lowest BCUT2D eigenvalue weighted by Gasteiger charge is -2.03. The molecule has 1 amide bonds. The van der Waals surface area contributed by atoms with Crippen molar-refractivity contribution in [3.8, 4) is 0 Å². The molecule has 0 radical (unpaired) electrons. The van der Waals surface area contributed by atoms with Crippen LogP contribution in [0.2, 0.25) is 5.02 Å². The highest BCUT2D eigenvalue weighted by Gasteiger charge is 2.15. The molecule has 0 aliphatic rings. The lowest BCUT2D eigenvalue weighted by Crippen LogP contribution is -2.11. The van der Waals surface area contributed by atoms with Gasteiger partial charge in [-0.15, -0.1) is 0 Å². The first-order valence-electron chi connectivity index (χ1n) is 6.98. The third kappa shape index (κ3) is 3.88. The van der Waals surface area contributed by atoms with E-state index in [2.05, 4.69) is 15.6 Å². The van der Waals surface area contributed by atoms with E-state index >= 15 is 0 Å². The van der Waals surface area contributed by atoms with Gasteiger partial charge in [0.25, 0.3) is 5.91 Å². The molecule has 3 rings (SSSR count). The van der Waals surface area contributed by atoms with Crippen LogP contribution < -0.4 is 10.6 Å². The third-order valence-electron chi connectivity index (χ3n) is 3.13. The molecule has 0 saturated heterocycles. The number of rotatable bonds is 4. The number of halogens is 1. The molecule has 0 bridgehead atoms. The fourth-order valence-electron chi connectivity index (χ4n) is 2.03. The van der Waals surface area contributed by atoms with Gasteiger partial charge in [-0.3, -0.25) is 4.79 Å². The molecule has 23 heavy (non-hydrogen) atoms. The average Bonchev–Trinajstić information content (AvgIpc) is 2.91. The number of aromatic nitrogens is 1. The van der Waals surface area contributed by atoms with E-state index in [9.17, 15) is 4.79 Å². The Hall–Kier alpha value is -2.37. The number of hydrogen-bond acceptors (Lipinski definition) is 4. The quantitative estimate of drug-likeness (QED) is 0.692. The Balaban J connectivity index is 1.75. The molecular weight excluding hydrogens is 330 g/mol. The lowest BCUT2D eigenvalue weighted by atomic mass is 10.3. The zero-order valence-corrected chi connectivity index (χ0v) is 13.9. The lowest BCUT2D eigenvalue weighted by molar-refractivity contribution is 0.103. The first kappa shape index (κ1) is 15.5. The minimum atomic E-state index is -0.157. The second-order valence-electron chi connectivity index (χ2n) is 4.89. The van der Waals surface area contributed by atoms with Crippen LogP contribution in [0.4, 0.5) is 16.5 Å². The van der Waals surface area contributed by atoms with Gasteiger partial charge in [-0.05, 0) is 43.3 Å². The Morgan fingerprint density at radius 1 is 1.04 bits per heavy atom. The molecule has 1 heterocycles. The molecule has 116 valence electrons. The van der Waals surface area contributed by atoms with Crippen LogP contribution >= 0.6 is 22.9 Å². The minimum Gasteiger partial charge on any atom is -0.332 e. The standard InChI is InChI=1S/C17H14ClN3OS/c1-11-15(16(22)20-13-5-3-2-4-6-13)23-17(19-11)21-14-9-7-12(18)8-10-14/h2-10H,1H3,(H,19,21)(H,20,22). The first-order valence-corrected chi connectivity index (χ1v) is 8.18. The summed E-state index contributed by atoms with van der Waals surface area (Å²) in [6, 6.07) is 16.7. The second kappa shape index (κ2) is 6.81. The molecule has 0 fully saturated rings. The summed E-state index contributed by atoms with van der Waals surface area (Å²) in [7, 11) is 0. The van der Waals surface area contributed by atoms with Crippen molar-refractivity contribution in [1.82, 2.24) is 4.98 Å². The molecule has 0 atom stereocenters. The van der Waals surface area contributed by atoms with Crippen molar-refractivity contribution in [2.24, 2.45) is 0 Å². The number of para-hydroxylation sites is 1. The minimum absolute atomic E-state index is 0.157. The summed E-state index contributed by atoms with van der Waals surface area (Å²) in [6.07, 6.45) is 0. The number of thiazole rings is 1. The Labute approximate surface area is 143 Å². The average molecular weight is 344 g/mol. The largest absolute Gasteiger partial charge is 0.332 e. The number of nitrogens with one attached hydrogen (secondary N) is 2. The molecule has 0 aliphatic heterocycles. The Morgan fingerprint density at radius 2 is 1.74 bits per heavy atom. The maximum Gasteiger partial charge on any atom is 0.267 e. The molecule has 3 aromatic rings. The van der Waals surface area contributed by atoms with E-state index in [1.165, 1.54) is 11.3 Å². The zero-order chi connectivity index (χ0) is 16.2. The van der Waals surface area contributed by atoms with Crippen LogP contribution in [0.5, 0.6) is 0 Å². The van der Waals surface area contributed by atoms with Crippen molar-refractivity contribution >= 4 is 45.4 Å². The van der Waals surface area contributed by atoms with Crippen molar-refractivity contribution in [3.63, 3.8) is 0 Å². The number of carbonyl (C=O) groups excluding carboxylic acids is 1. The van der Waals surface area contributed by atoms with Crippen LogP contribution in [0.25, 0.3) is 0 Å². The van der Waals surface area contributed by atoms with Crippen molar-refractivity contribution < 1.29 is 4.79 Å². The summed E-state index contributed by atoms with van der Waals surface area (Å²) in [5, 5.41) is 7.39. The molecule has 6 heteroatoms. The molecular formula is C17H14ClN3OS. The topological polar surface area (TPSA) is 54.0 Å². The van der Waals surface area contributed by atoms with Crippen LogP contribution in [-0.2, 0) is 0 Å². The fraction of sp³-hybridized carbons (Fsp3) is 0.0588. The molecule has 2 N–H and O–H groups in total. The molecule has 0 aliphatic carbocycles. The molecule has 0 saturated carbocycles. The van der Waals surface area contributed by atoms with Gasteiger partial charge in [-0.25, -0.2) is 4.98 Å². The van der Waals surface area contributed by atoms with E-state index in [1.807, 2.05) is 49.4 Å². The SMILES string of the molecule is Cc1nc(Nc2ccc(Cl)cc2)sc1C(=O)Nc1ccccc1. The van der Waals surface area contributed by atoms with E-state index < -0.39 is 0 Å². The predicted octanol–water partition coefficient (Wildman–Crippen LogP) is 5.10. The van der Waals surface area contributed by atoms with E-state index in [1.54, 1.807) is 12.1 Å². The van der Waals surface area contributed by atoms with Gasteiger partial charge in [0, 0.05) is 16.4 Å². The number of nitrogens with zero attached hydrogens (tertiary/aromatic N) is 1. The Morgan fingerprint density at radius 3 is 2.43 bits per heavy atom. The normalized spacial score (nSPS) is 10.3. The summed E-state index contributed by atoms with van der Waals surface area (Å²) in [5.74, 6) is -0.157. The maximum atomic E-state index is 12.4.